The molecule has 1 fully saturated rings. The number of nitrogens with zero attached hydrogens (tertiary/aromatic N) is 1. The second-order valence-electron chi connectivity index (χ2n) is 4.77. The van der Waals surface area contributed by atoms with Gasteiger partial charge in [-0.1, -0.05) is 6.92 Å². The summed E-state index contributed by atoms with van der Waals surface area (Å²) in [6.07, 6.45) is 1.85. The van der Waals surface area contributed by atoms with Crippen molar-refractivity contribution in [2.75, 3.05) is 20.2 Å². The van der Waals surface area contributed by atoms with Crippen molar-refractivity contribution in [3.05, 3.63) is 0 Å². The molecule has 15 heavy (non-hydrogen) atoms. The molecule has 1 aliphatic rings. The molecule has 0 radical (unpaired) electrons. The Balaban J connectivity index is 2.20. The third-order valence-corrected chi connectivity index (χ3v) is 3.32. The Kier molecular flexibility index (Phi) is 4.58. The maximum Gasteiger partial charge on any atom is 0.307 e. The highest BCUT2D eigenvalue weighted by Crippen LogP contribution is 2.38. The molecule has 3 atom stereocenters. The number of hydrogen-bond donors (Lipinski definition) is 0. The molecule has 0 aromatic carbocycles. The molecule has 88 valence electrons. The second kappa shape index (κ2) is 5.50. The Hall–Kier alpha value is -0.570. The van der Waals surface area contributed by atoms with E-state index < -0.39 is 0 Å². The molecule has 0 N–H and O–H groups in total. The smallest absolute Gasteiger partial charge is 0.307 e. The van der Waals surface area contributed by atoms with Gasteiger partial charge in [0.15, 0.2) is 0 Å². The lowest BCUT2D eigenvalue weighted by atomic mass is 10.2. The molecule has 3 heteroatoms. The molecule has 1 rings (SSSR count). The van der Waals surface area contributed by atoms with Gasteiger partial charge in [-0.3, -0.25) is 4.79 Å². The number of ether oxygens (including phenoxy) is 1. The Labute approximate surface area is 92.8 Å². The Morgan fingerprint density at radius 2 is 2.20 bits per heavy atom. The van der Waals surface area contributed by atoms with Crippen LogP contribution in [-0.2, 0) is 9.53 Å². The van der Waals surface area contributed by atoms with E-state index in [4.69, 9.17) is 4.74 Å². The fraction of sp³-hybridized carbons (Fsp3) is 0.917. The van der Waals surface area contributed by atoms with Gasteiger partial charge in [-0.2, -0.15) is 0 Å². The Morgan fingerprint density at radius 1 is 1.60 bits per heavy atom. The van der Waals surface area contributed by atoms with Crippen molar-refractivity contribution in [2.45, 2.75) is 39.7 Å². The van der Waals surface area contributed by atoms with E-state index in [9.17, 15) is 4.79 Å². The first kappa shape index (κ1) is 12.5. The van der Waals surface area contributed by atoms with E-state index in [1.165, 1.54) is 6.42 Å². The van der Waals surface area contributed by atoms with Gasteiger partial charge in [0, 0.05) is 12.6 Å². The van der Waals surface area contributed by atoms with E-state index in [1.807, 2.05) is 6.92 Å². The van der Waals surface area contributed by atoms with E-state index in [0.29, 0.717) is 13.0 Å². The summed E-state index contributed by atoms with van der Waals surface area (Å²) >= 11 is 0. The summed E-state index contributed by atoms with van der Waals surface area (Å²) in [4.78, 5) is 13.5. The first-order valence-electron chi connectivity index (χ1n) is 5.90. The zero-order valence-corrected chi connectivity index (χ0v) is 10.3. The van der Waals surface area contributed by atoms with Gasteiger partial charge in [0.2, 0.25) is 0 Å². The van der Waals surface area contributed by atoms with E-state index in [2.05, 4.69) is 25.8 Å². The molecule has 1 aliphatic carbocycles. The minimum Gasteiger partial charge on any atom is -0.466 e. The molecule has 0 saturated heterocycles. The highest BCUT2D eigenvalue weighted by molar-refractivity contribution is 5.69. The van der Waals surface area contributed by atoms with Crippen LogP contribution < -0.4 is 0 Å². The van der Waals surface area contributed by atoms with Crippen LogP contribution in [0.25, 0.3) is 0 Å². The van der Waals surface area contributed by atoms with Gasteiger partial charge in [0.05, 0.1) is 13.0 Å². The summed E-state index contributed by atoms with van der Waals surface area (Å²) < 4.78 is 4.94. The Bertz CT molecular complexity index is 218. The predicted molar refractivity (Wildman–Crippen MR) is 60.6 cm³/mol. The molecule has 0 bridgehead atoms. The summed E-state index contributed by atoms with van der Waals surface area (Å²) in [6.45, 7) is 7.81. The highest BCUT2D eigenvalue weighted by Gasteiger charge is 2.34. The molecule has 0 aromatic heterocycles. The van der Waals surface area contributed by atoms with Crippen LogP contribution in [0, 0.1) is 11.8 Å². The molecule has 0 amide bonds. The first-order valence-corrected chi connectivity index (χ1v) is 5.90. The van der Waals surface area contributed by atoms with Gasteiger partial charge in [0.25, 0.3) is 0 Å². The largest absolute Gasteiger partial charge is 0.466 e. The topological polar surface area (TPSA) is 29.5 Å². The fourth-order valence-electron chi connectivity index (χ4n) is 1.82. The number of rotatable bonds is 6. The van der Waals surface area contributed by atoms with Gasteiger partial charge < -0.3 is 9.64 Å². The van der Waals surface area contributed by atoms with E-state index in [1.54, 1.807) is 0 Å². The van der Waals surface area contributed by atoms with Crippen LogP contribution in [0.15, 0.2) is 0 Å². The van der Waals surface area contributed by atoms with Crippen LogP contribution >= 0.6 is 0 Å². The van der Waals surface area contributed by atoms with E-state index in [0.717, 1.165) is 18.4 Å². The first-order chi connectivity index (χ1) is 7.04. The molecular formula is C12H23NO2. The van der Waals surface area contributed by atoms with Crippen LogP contribution in [0.5, 0.6) is 0 Å². The van der Waals surface area contributed by atoms with Crippen molar-refractivity contribution >= 4 is 5.97 Å². The van der Waals surface area contributed by atoms with Gasteiger partial charge >= 0.3 is 5.97 Å². The second-order valence-corrected chi connectivity index (χ2v) is 4.77. The summed E-state index contributed by atoms with van der Waals surface area (Å²) in [5, 5.41) is 0. The third-order valence-electron chi connectivity index (χ3n) is 3.32. The highest BCUT2D eigenvalue weighted by atomic mass is 16.5. The zero-order valence-electron chi connectivity index (χ0n) is 10.3. The average molecular weight is 213 g/mol. The van der Waals surface area contributed by atoms with Crippen molar-refractivity contribution in [1.29, 1.82) is 0 Å². The summed E-state index contributed by atoms with van der Waals surface area (Å²) in [5.41, 5.74) is 0. The fourth-order valence-corrected chi connectivity index (χ4v) is 1.82. The van der Waals surface area contributed by atoms with Crippen molar-refractivity contribution < 1.29 is 9.53 Å². The molecule has 0 aliphatic heterocycles. The van der Waals surface area contributed by atoms with E-state index >= 15 is 0 Å². The summed E-state index contributed by atoms with van der Waals surface area (Å²) in [7, 11) is 2.09. The third kappa shape index (κ3) is 4.20. The molecule has 3 unspecified atom stereocenters. The quantitative estimate of drug-likeness (QED) is 0.631. The number of hydrogen-bond acceptors (Lipinski definition) is 3. The standard InChI is InChI=1S/C12H23NO2/c1-5-15-12(14)7-10(3)13(4)8-11-6-9(11)2/h9-11H,5-8H2,1-4H3. The van der Waals surface area contributed by atoms with Crippen LogP contribution in [0.3, 0.4) is 0 Å². The van der Waals surface area contributed by atoms with Crippen LogP contribution in [0.4, 0.5) is 0 Å². The van der Waals surface area contributed by atoms with Crippen molar-refractivity contribution in [1.82, 2.24) is 4.90 Å². The maximum absolute atomic E-state index is 11.3. The normalized spacial score (nSPS) is 26.5. The Morgan fingerprint density at radius 3 is 2.67 bits per heavy atom. The summed E-state index contributed by atoms with van der Waals surface area (Å²) in [5.74, 6) is 1.64. The average Bonchev–Trinajstić information content (AvgIpc) is 2.81. The zero-order chi connectivity index (χ0) is 11.4. The van der Waals surface area contributed by atoms with Crippen molar-refractivity contribution in [3.63, 3.8) is 0 Å². The molecule has 0 heterocycles. The minimum absolute atomic E-state index is 0.0827. The van der Waals surface area contributed by atoms with Crippen LogP contribution in [-0.4, -0.2) is 37.1 Å². The summed E-state index contributed by atoms with van der Waals surface area (Å²) in [6, 6.07) is 0.289. The van der Waals surface area contributed by atoms with Gasteiger partial charge in [0.1, 0.15) is 0 Å². The molecule has 0 aromatic rings. The monoisotopic (exact) mass is 213 g/mol. The minimum atomic E-state index is -0.0827. The van der Waals surface area contributed by atoms with E-state index in [-0.39, 0.29) is 12.0 Å². The predicted octanol–water partition coefficient (Wildman–Crippen LogP) is 1.92. The van der Waals surface area contributed by atoms with Crippen LogP contribution in [0.1, 0.15) is 33.6 Å². The van der Waals surface area contributed by atoms with Crippen molar-refractivity contribution in [3.8, 4) is 0 Å². The van der Waals surface area contributed by atoms with Gasteiger partial charge in [-0.15, -0.1) is 0 Å². The number of carbonyl (C=O) groups is 1. The number of carbonyl (C=O) groups excluding carboxylic acids is 1. The van der Waals surface area contributed by atoms with Gasteiger partial charge in [-0.25, -0.2) is 0 Å². The maximum atomic E-state index is 11.3. The van der Waals surface area contributed by atoms with Crippen LogP contribution in [0.2, 0.25) is 0 Å². The lowest BCUT2D eigenvalue weighted by Crippen LogP contribution is -2.33. The molecule has 3 nitrogen and oxygen atoms in total. The number of esters is 1. The lowest BCUT2D eigenvalue weighted by Gasteiger charge is -2.23. The molecule has 1 saturated carbocycles. The lowest BCUT2D eigenvalue weighted by molar-refractivity contribution is -0.144. The van der Waals surface area contributed by atoms with Crippen molar-refractivity contribution in [2.24, 2.45) is 11.8 Å². The molecule has 0 spiro atoms. The van der Waals surface area contributed by atoms with Gasteiger partial charge in [-0.05, 0) is 39.2 Å². The molecular weight excluding hydrogens is 190 g/mol. The SMILES string of the molecule is CCOC(=O)CC(C)N(C)CC1CC1C.